The number of ether oxygens (including phenoxy) is 3. The Kier molecular flexibility index (Phi) is 3.30. The molecule has 0 bridgehead atoms. The van der Waals surface area contributed by atoms with Crippen molar-refractivity contribution in [2.45, 2.75) is 12.0 Å². The Labute approximate surface area is 149 Å². The Morgan fingerprint density at radius 2 is 2.08 bits per heavy atom. The van der Waals surface area contributed by atoms with Crippen LogP contribution in [-0.2, 0) is 15.0 Å². The molecule has 0 saturated heterocycles. The molecule has 0 amide bonds. The quantitative estimate of drug-likeness (QED) is 0.848. The van der Waals surface area contributed by atoms with E-state index in [1.54, 1.807) is 0 Å². The zero-order valence-electron chi connectivity index (χ0n) is 13.9. The van der Waals surface area contributed by atoms with Crippen molar-refractivity contribution in [3.8, 4) is 17.2 Å². The SMILES string of the molecule is Oc1c(F)cc2c(c1C1=CCOCC1)C1(COC=N1)c1ccccc1O2. The van der Waals surface area contributed by atoms with Crippen LogP contribution < -0.4 is 4.74 Å². The maximum absolute atomic E-state index is 14.5. The van der Waals surface area contributed by atoms with Gasteiger partial charge in [-0.25, -0.2) is 9.38 Å². The zero-order chi connectivity index (χ0) is 17.7. The highest BCUT2D eigenvalue weighted by Crippen LogP contribution is 2.55. The van der Waals surface area contributed by atoms with Gasteiger partial charge in [-0.2, -0.15) is 0 Å². The number of halogens is 1. The van der Waals surface area contributed by atoms with Gasteiger partial charge in [-0.1, -0.05) is 24.3 Å². The Morgan fingerprint density at radius 1 is 1.19 bits per heavy atom. The van der Waals surface area contributed by atoms with Gasteiger partial charge >= 0.3 is 0 Å². The number of hydrogen-bond acceptors (Lipinski definition) is 5. The largest absolute Gasteiger partial charge is 0.504 e. The first-order chi connectivity index (χ1) is 12.7. The Hall–Kier alpha value is -2.86. The zero-order valence-corrected chi connectivity index (χ0v) is 13.9. The summed E-state index contributed by atoms with van der Waals surface area (Å²) < 4.78 is 31.4. The molecule has 5 rings (SSSR count). The summed E-state index contributed by atoms with van der Waals surface area (Å²) >= 11 is 0. The first-order valence-corrected chi connectivity index (χ1v) is 8.46. The van der Waals surface area contributed by atoms with Crippen molar-refractivity contribution in [2.75, 3.05) is 19.8 Å². The molecular formula is C20H16FNO4. The van der Waals surface area contributed by atoms with E-state index >= 15 is 0 Å². The normalized spacial score (nSPS) is 23.0. The fraction of sp³-hybridized carbons (Fsp3) is 0.250. The van der Waals surface area contributed by atoms with E-state index in [0.29, 0.717) is 42.3 Å². The highest BCUT2D eigenvalue weighted by Gasteiger charge is 2.48. The van der Waals surface area contributed by atoms with E-state index in [1.807, 2.05) is 30.3 Å². The molecule has 0 aliphatic carbocycles. The van der Waals surface area contributed by atoms with Crippen LogP contribution in [0.4, 0.5) is 4.39 Å². The first-order valence-electron chi connectivity index (χ1n) is 8.46. The highest BCUT2D eigenvalue weighted by molar-refractivity contribution is 5.80. The summed E-state index contributed by atoms with van der Waals surface area (Å²) in [6.07, 6.45) is 3.85. The maximum atomic E-state index is 14.5. The number of phenolic OH excluding ortho intramolecular Hbond substituents is 1. The molecule has 1 atom stereocenters. The number of aromatic hydroxyl groups is 1. The average Bonchev–Trinajstić information content (AvgIpc) is 3.15. The molecule has 0 radical (unpaired) electrons. The van der Waals surface area contributed by atoms with Crippen LogP contribution in [0.1, 0.15) is 23.1 Å². The molecule has 3 heterocycles. The molecule has 3 aliphatic rings. The van der Waals surface area contributed by atoms with Crippen LogP contribution in [0, 0.1) is 5.82 Å². The second kappa shape index (κ2) is 5.57. The second-order valence-corrected chi connectivity index (χ2v) is 6.51. The predicted octanol–water partition coefficient (Wildman–Crippen LogP) is 3.74. The van der Waals surface area contributed by atoms with E-state index in [4.69, 9.17) is 14.2 Å². The molecule has 5 nitrogen and oxygen atoms in total. The molecule has 1 spiro atoms. The van der Waals surface area contributed by atoms with Gasteiger partial charge in [0.2, 0.25) is 0 Å². The number of hydrogen-bond donors (Lipinski definition) is 1. The molecule has 2 aromatic rings. The van der Waals surface area contributed by atoms with Crippen LogP contribution in [0.2, 0.25) is 0 Å². The van der Waals surface area contributed by atoms with Gasteiger partial charge in [-0.3, -0.25) is 0 Å². The molecule has 132 valence electrons. The third-order valence-corrected chi connectivity index (χ3v) is 5.11. The van der Waals surface area contributed by atoms with E-state index in [0.717, 1.165) is 11.1 Å². The minimum Gasteiger partial charge on any atom is -0.504 e. The summed E-state index contributed by atoms with van der Waals surface area (Å²) in [5.74, 6) is -0.145. The van der Waals surface area contributed by atoms with Crippen LogP contribution >= 0.6 is 0 Å². The molecule has 0 saturated carbocycles. The van der Waals surface area contributed by atoms with Crippen LogP contribution in [0.15, 0.2) is 41.4 Å². The maximum Gasteiger partial charge on any atom is 0.170 e. The molecule has 3 aliphatic heterocycles. The van der Waals surface area contributed by atoms with Gasteiger partial charge < -0.3 is 19.3 Å². The lowest BCUT2D eigenvalue weighted by Gasteiger charge is -2.36. The number of benzene rings is 2. The van der Waals surface area contributed by atoms with Crippen molar-refractivity contribution in [1.82, 2.24) is 0 Å². The number of aliphatic imine (C=N–C) groups is 1. The predicted molar refractivity (Wildman–Crippen MR) is 93.2 cm³/mol. The van der Waals surface area contributed by atoms with Gasteiger partial charge in [0.15, 0.2) is 23.5 Å². The van der Waals surface area contributed by atoms with Crippen LogP contribution in [0.3, 0.4) is 0 Å². The third kappa shape index (κ3) is 2.02. The summed E-state index contributed by atoms with van der Waals surface area (Å²) in [5, 5.41) is 10.6. The Bertz CT molecular complexity index is 969. The monoisotopic (exact) mass is 353 g/mol. The summed E-state index contributed by atoms with van der Waals surface area (Å²) in [6, 6.07) is 8.73. The van der Waals surface area contributed by atoms with Gasteiger partial charge in [0.25, 0.3) is 0 Å². The smallest absolute Gasteiger partial charge is 0.170 e. The van der Waals surface area contributed by atoms with Crippen molar-refractivity contribution in [3.05, 3.63) is 58.9 Å². The van der Waals surface area contributed by atoms with E-state index in [1.165, 1.54) is 12.5 Å². The van der Waals surface area contributed by atoms with Crippen molar-refractivity contribution in [3.63, 3.8) is 0 Å². The number of phenols is 1. The van der Waals surface area contributed by atoms with Crippen molar-refractivity contribution >= 4 is 12.0 Å². The van der Waals surface area contributed by atoms with Crippen LogP contribution in [-0.4, -0.2) is 31.3 Å². The summed E-state index contributed by atoms with van der Waals surface area (Å²) in [6.45, 7) is 1.20. The summed E-state index contributed by atoms with van der Waals surface area (Å²) in [7, 11) is 0. The van der Waals surface area contributed by atoms with Crippen LogP contribution in [0.25, 0.3) is 5.57 Å². The van der Waals surface area contributed by atoms with Crippen molar-refractivity contribution < 1.29 is 23.7 Å². The molecule has 0 fully saturated rings. The van der Waals surface area contributed by atoms with E-state index in [9.17, 15) is 9.50 Å². The third-order valence-electron chi connectivity index (χ3n) is 5.11. The molecule has 1 N–H and O–H groups in total. The standard InChI is InChI=1S/C20H16FNO4/c21-14-9-16-18(17(19(14)23)12-5-7-24-8-6-12)20(10-25-11-22-20)13-3-1-2-4-15(13)26-16/h1-5,9,11,23H,6-8,10H2. The fourth-order valence-electron chi connectivity index (χ4n) is 3.93. The average molecular weight is 353 g/mol. The molecular weight excluding hydrogens is 337 g/mol. The van der Waals surface area contributed by atoms with Gasteiger partial charge in [-0.15, -0.1) is 0 Å². The summed E-state index contributed by atoms with van der Waals surface area (Å²) in [4.78, 5) is 4.62. The fourth-order valence-corrected chi connectivity index (χ4v) is 3.93. The number of rotatable bonds is 1. The molecule has 2 aromatic carbocycles. The van der Waals surface area contributed by atoms with E-state index < -0.39 is 11.4 Å². The topological polar surface area (TPSA) is 60.3 Å². The lowest BCUT2D eigenvalue weighted by Crippen LogP contribution is -2.32. The van der Waals surface area contributed by atoms with E-state index in [-0.39, 0.29) is 12.4 Å². The molecule has 1 unspecified atom stereocenters. The Morgan fingerprint density at radius 3 is 2.85 bits per heavy atom. The molecule has 6 heteroatoms. The van der Waals surface area contributed by atoms with Crippen molar-refractivity contribution in [2.24, 2.45) is 4.99 Å². The minimum atomic E-state index is -0.871. The van der Waals surface area contributed by atoms with E-state index in [2.05, 4.69) is 4.99 Å². The molecule has 0 aromatic heterocycles. The highest BCUT2D eigenvalue weighted by atomic mass is 19.1. The first kappa shape index (κ1) is 15.4. The van der Waals surface area contributed by atoms with Gasteiger partial charge in [0, 0.05) is 22.8 Å². The van der Waals surface area contributed by atoms with Crippen molar-refractivity contribution in [1.29, 1.82) is 0 Å². The number of fused-ring (bicyclic) bond motifs is 4. The van der Waals surface area contributed by atoms with Crippen LogP contribution in [0.5, 0.6) is 17.2 Å². The summed E-state index contributed by atoms with van der Waals surface area (Å²) in [5.41, 5.74) is 1.86. The lowest BCUT2D eigenvalue weighted by atomic mass is 9.76. The number of nitrogens with zero attached hydrogens (tertiary/aromatic N) is 1. The Balaban J connectivity index is 1.85. The van der Waals surface area contributed by atoms with Gasteiger partial charge in [0.1, 0.15) is 18.1 Å². The minimum absolute atomic E-state index is 0.266. The van der Waals surface area contributed by atoms with Gasteiger partial charge in [-0.05, 0) is 18.1 Å². The van der Waals surface area contributed by atoms with Gasteiger partial charge in [0.05, 0.1) is 13.2 Å². The lowest BCUT2D eigenvalue weighted by molar-refractivity contribution is 0.161. The molecule has 26 heavy (non-hydrogen) atoms. The number of para-hydroxylation sites is 1. The second-order valence-electron chi connectivity index (χ2n) is 6.51.